The Morgan fingerprint density at radius 3 is 2.68 bits per heavy atom. The molecule has 5 nitrogen and oxygen atoms in total. The van der Waals surface area contributed by atoms with Crippen molar-refractivity contribution in [2.75, 3.05) is 0 Å². The number of nitro benzene ring substituents is 1. The summed E-state index contributed by atoms with van der Waals surface area (Å²) >= 11 is 0. The predicted molar refractivity (Wildman–Crippen MR) is 75.4 cm³/mol. The summed E-state index contributed by atoms with van der Waals surface area (Å²) in [4.78, 5) is 10.4. The molecule has 1 atom stereocenters. The second-order valence-corrected chi connectivity index (χ2v) is 4.64. The number of hydrogen-bond donors (Lipinski definition) is 1. The number of rotatable bonds is 7. The summed E-state index contributed by atoms with van der Waals surface area (Å²) < 4.78 is 5.68. The van der Waals surface area contributed by atoms with Gasteiger partial charge in [-0.2, -0.15) is 0 Å². The fourth-order valence-electron chi connectivity index (χ4n) is 1.50. The van der Waals surface area contributed by atoms with Gasteiger partial charge in [-0.1, -0.05) is 26.5 Å². The zero-order chi connectivity index (χ0) is 14.4. The summed E-state index contributed by atoms with van der Waals surface area (Å²) in [7, 11) is 0. The van der Waals surface area contributed by atoms with E-state index in [0.29, 0.717) is 18.3 Å². The third kappa shape index (κ3) is 4.71. The van der Waals surface area contributed by atoms with E-state index in [-0.39, 0.29) is 11.8 Å². The molecular formula is C14H20N2O3. The average Bonchev–Trinajstić information content (AvgIpc) is 2.36. The van der Waals surface area contributed by atoms with E-state index < -0.39 is 4.92 Å². The van der Waals surface area contributed by atoms with Crippen molar-refractivity contribution in [3.05, 3.63) is 46.5 Å². The molecule has 5 heteroatoms. The highest BCUT2D eigenvalue weighted by atomic mass is 16.6. The Morgan fingerprint density at radius 1 is 1.47 bits per heavy atom. The largest absolute Gasteiger partial charge is 0.486 e. The first kappa shape index (κ1) is 15.2. The zero-order valence-electron chi connectivity index (χ0n) is 11.6. The van der Waals surface area contributed by atoms with E-state index in [0.717, 1.165) is 5.56 Å². The van der Waals surface area contributed by atoms with Crippen LogP contribution in [0.25, 0.3) is 0 Å². The first-order valence-electron chi connectivity index (χ1n) is 6.24. The molecule has 0 aromatic heterocycles. The number of nitrogens with zero attached hydrogens (tertiary/aromatic N) is 1. The maximum atomic E-state index is 10.8. The maximum Gasteiger partial charge on any atom is 0.270 e. The molecule has 0 fully saturated rings. The molecule has 1 rings (SSSR count). The summed E-state index contributed by atoms with van der Waals surface area (Å²) in [6.45, 7) is 10.1. The van der Waals surface area contributed by atoms with E-state index in [1.54, 1.807) is 18.2 Å². The highest BCUT2D eigenvalue weighted by Crippen LogP contribution is 2.25. The van der Waals surface area contributed by atoms with Gasteiger partial charge >= 0.3 is 0 Å². The first-order chi connectivity index (χ1) is 8.93. The van der Waals surface area contributed by atoms with Gasteiger partial charge in [0, 0.05) is 30.3 Å². The van der Waals surface area contributed by atoms with E-state index in [2.05, 4.69) is 11.9 Å². The molecule has 0 amide bonds. The highest BCUT2D eigenvalue weighted by molar-refractivity contribution is 5.44. The molecule has 1 aromatic rings. The molecule has 104 valence electrons. The highest BCUT2D eigenvalue weighted by Gasteiger charge is 2.13. The molecule has 0 spiro atoms. The Hall–Kier alpha value is -1.88. The monoisotopic (exact) mass is 264 g/mol. The Balaban J connectivity index is 2.99. The molecule has 1 unspecified atom stereocenters. The summed E-state index contributed by atoms with van der Waals surface area (Å²) in [5.41, 5.74) is 0.843. The van der Waals surface area contributed by atoms with E-state index in [4.69, 9.17) is 4.74 Å². The minimum Gasteiger partial charge on any atom is -0.486 e. The SMILES string of the molecule is C=CC(C)Oc1ccc([N+](=O)[O-])cc1CNC(C)C. The van der Waals surface area contributed by atoms with Crippen molar-refractivity contribution in [2.24, 2.45) is 0 Å². The number of nitro groups is 1. The van der Waals surface area contributed by atoms with Crippen molar-refractivity contribution in [1.82, 2.24) is 5.32 Å². The minimum atomic E-state index is -0.403. The molecule has 0 aliphatic carbocycles. The smallest absolute Gasteiger partial charge is 0.270 e. The van der Waals surface area contributed by atoms with Crippen molar-refractivity contribution in [3.8, 4) is 5.75 Å². The molecule has 0 aliphatic rings. The summed E-state index contributed by atoms with van der Waals surface area (Å²) in [6, 6.07) is 4.92. The molecule has 0 bridgehead atoms. The van der Waals surface area contributed by atoms with Gasteiger partial charge in [-0.05, 0) is 13.0 Å². The number of ether oxygens (including phenoxy) is 1. The fourth-order valence-corrected chi connectivity index (χ4v) is 1.50. The minimum absolute atomic E-state index is 0.0687. The van der Waals surface area contributed by atoms with Gasteiger partial charge in [0.15, 0.2) is 0 Å². The average molecular weight is 264 g/mol. The van der Waals surface area contributed by atoms with Crippen LogP contribution < -0.4 is 10.1 Å². The number of benzene rings is 1. The fraction of sp³-hybridized carbons (Fsp3) is 0.429. The second-order valence-electron chi connectivity index (χ2n) is 4.64. The second kappa shape index (κ2) is 6.89. The first-order valence-corrected chi connectivity index (χ1v) is 6.24. The van der Waals surface area contributed by atoms with Crippen LogP contribution in [0.4, 0.5) is 5.69 Å². The van der Waals surface area contributed by atoms with Crippen LogP contribution in [0.15, 0.2) is 30.9 Å². The van der Waals surface area contributed by atoms with Gasteiger partial charge in [-0.3, -0.25) is 10.1 Å². The summed E-state index contributed by atoms with van der Waals surface area (Å²) in [5, 5.41) is 14.0. The molecule has 0 heterocycles. The van der Waals surface area contributed by atoms with Gasteiger partial charge in [0.2, 0.25) is 0 Å². The quantitative estimate of drug-likeness (QED) is 0.467. The standard InChI is InChI=1S/C14H20N2O3/c1-5-11(4)19-14-7-6-13(16(17)18)8-12(14)9-15-10(2)3/h5-8,10-11,15H,1,9H2,2-4H3. The van der Waals surface area contributed by atoms with E-state index in [1.807, 2.05) is 20.8 Å². The van der Waals surface area contributed by atoms with E-state index in [9.17, 15) is 10.1 Å². The van der Waals surface area contributed by atoms with Crippen LogP contribution in [0, 0.1) is 10.1 Å². The van der Waals surface area contributed by atoms with Crippen molar-refractivity contribution >= 4 is 5.69 Å². The van der Waals surface area contributed by atoms with Crippen LogP contribution in [0.5, 0.6) is 5.75 Å². The lowest BCUT2D eigenvalue weighted by molar-refractivity contribution is -0.384. The molecule has 0 saturated carbocycles. The van der Waals surface area contributed by atoms with Crippen LogP contribution in [0.2, 0.25) is 0 Å². The summed E-state index contributed by atoms with van der Waals surface area (Å²) in [5.74, 6) is 0.645. The van der Waals surface area contributed by atoms with Gasteiger partial charge in [0.25, 0.3) is 5.69 Å². The van der Waals surface area contributed by atoms with E-state index >= 15 is 0 Å². The Bertz CT molecular complexity index is 458. The van der Waals surface area contributed by atoms with Crippen molar-refractivity contribution in [3.63, 3.8) is 0 Å². The maximum absolute atomic E-state index is 10.8. The molecule has 0 radical (unpaired) electrons. The van der Waals surface area contributed by atoms with Crippen molar-refractivity contribution in [2.45, 2.75) is 39.5 Å². The molecule has 19 heavy (non-hydrogen) atoms. The van der Waals surface area contributed by atoms with Gasteiger partial charge in [-0.15, -0.1) is 0 Å². The Kier molecular flexibility index (Phi) is 5.51. The lowest BCUT2D eigenvalue weighted by Crippen LogP contribution is -2.22. The van der Waals surface area contributed by atoms with E-state index in [1.165, 1.54) is 6.07 Å². The Morgan fingerprint density at radius 2 is 2.16 bits per heavy atom. The van der Waals surface area contributed by atoms with Gasteiger partial charge in [0.05, 0.1) is 4.92 Å². The van der Waals surface area contributed by atoms with Crippen molar-refractivity contribution in [1.29, 1.82) is 0 Å². The number of nitrogens with one attached hydrogen (secondary N) is 1. The molecule has 0 saturated heterocycles. The van der Waals surface area contributed by atoms with Crippen LogP contribution in [0.1, 0.15) is 26.3 Å². The lowest BCUT2D eigenvalue weighted by atomic mass is 10.1. The third-order valence-corrected chi connectivity index (χ3v) is 2.60. The molecular weight excluding hydrogens is 244 g/mol. The molecule has 0 aliphatic heterocycles. The van der Waals surface area contributed by atoms with Crippen LogP contribution >= 0.6 is 0 Å². The number of non-ortho nitro benzene ring substituents is 1. The normalized spacial score (nSPS) is 12.2. The zero-order valence-corrected chi connectivity index (χ0v) is 11.6. The molecule has 1 N–H and O–H groups in total. The number of hydrogen-bond acceptors (Lipinski definition) is 4. The predicted octanol–water partition coefficient (Wildman–Crippen LogP) is 3.05. The Labute approximate surface area is 113 Å². The van der Waals surface area contributed by atoms with Gasteiger partial charge in [-0.25, -0.2) is 0 Å². The molecule has 1 aromatic carbocycles. The van der Waals surface area contributed by atoms with Crippen LogP contribution in [0.3, 0.4) is 0 Å². The topological polar surface area (TPSA) is 64.4 Å². The van der Waals surface area contributed by atoms with Crippen LogP contribution in [-0.4, -0.2) is 17.1 Å². The van der Waals surface area contributed by atoms with Gasteiger partial charge < -0.3 is 10.1 Å². The third-order valence-electron chi connectivity index (χ3n) is 2.60. The van der Waals surface area contributed by atoms with Crippen LogP contribution in [-0.2, 0) is 6.54 Å². The van der Waals surface area contributed by atoms with Crippen molar-refractivity contribution < 1.29 is 9.66 Å². The van der Waals surface area contributed by atoms with Gasteiger partial charge in [0.1, 0.15) is 11.9 Å². The lowest BCUT2D eigenvalue weighted by Gasteiger charge is -2.16. The summed E-state index contributed by atoms with van der Waals surface area (Å²) in [6.07, 6.45) is 1.54.